The van der Waals surface area contributed by atoms with Crippen molar-refractivity contribution in [3.63, 3.8) is 0 Å². The number of esters is 2. The lowest BCUT2D eigenvalue weighted by molar-refractivity contribution is -0.220. The molecule has 13 nitrogen and oxygen atoms in total. The summed E-state index contributed by atoms with van der Waals surface area (Å²) >= 11 is 0. The maximum absolute atomic E-state index is 12.8. The minimum absolute atomic E-state index is 0.0905. The Bertz CT molecular complexity index is 1170. The summed E-state index contributed by atoms with van der Waals surface area (Å²) in [4.78, 5) is 35.7. The summed E-state index contributed by atoms with van der Waals surface area (Å²) in [6, 6.07) is 0. The third-order valence-electron chi connectivity index (χ3n) is 11.3. The van der Waals surface area contributed by atoms with Gasteiger partial charge >= 0.3 is 19.8 Å². The minimum atomic E-state index is -5.12. The van der Waals surface area contributed by atoms with E-state index in [0.717, 1.165) is 77.0 Å². The second kappa shape index (κ2) is 37.7. The van der Waals surface area contributed by atoms with Gasteiger partial charge in [0.05, 0.1) is 6.61 Å². The van der Waals surface area contributed by atoms with Gasteiger partial charge in [-0.3, -0.25) is 18.6 Å². The van der Waals surface area contributed by atoms with Gasteiger partial charge in [0.1, 0.15) is 43.2 Å². The smallest absolute Gasteiger partial charge is 0.462 e. The van der Waals surface area contributed by atoms with Crippen molar-refractivity contribution in [2.45, 2.75) is 249 Å². The largest absolute Gasteiger partial charge is 0.472 e. The van der Waals surface area contributed by atoms with Crippen molar-refractivity contribution < 1.29 is 63.1 Å². The number of ether oxygens (including phenoxy) is 2. The van der Waals surface area contributed by atoms with E-state index in [-0.39, 0.29) is 12.8 Å². The lowest BCUT2D eigenvalue weighted by Crippen LogP contribution is -2.64. The van der Waals surface area contributed by atoms with E-state index in [1.807, 2.05) is 0 Å². The molecule has 0 aromatic heterocycles. The standard InChI is InChI=1S/C47H87O13P/c1-3-5-7-9-11-13-15-17-19-20-22-24-26-28-30-32-34-36-41(49)59-39(38-58-61(55,56)60-47-45(53)43(51)42(50)44(52)46(47)54)37-57-40(48)35-33-31-29-27-25-23-21-18-16-14-12-10-8-6-4-2/h11,13,17,19,39,42-47,50-54H,3-10,12,14-16,18,20-38H2,1-2H3,(H,55,56)/b13-11-,19-17-/t39-,42?,43-,44?,45?,46?,47?/m1/s1. The zero-order valence-electron chi connectivity index (χ0n) is 38.0. The van der Waals surface area contributed by atoms with Gasteiger partial charge in [-0.2, -0.15) is 0 Å². The predicted molar refractivity (Wildman–Crippen MR) is 240 cm³/mol. The number of hydrogen-bond donors (Lipinski definition) is 6. The monoisotopic (exact) mass is 891 g/mol. The van der Waals surface area contributed by atoms with Crippen molar-refractivity contribution in [1.82, 2.24) is 0 Å². The molecule has 6 unspecified atom stereocenters. The van der Waals surface area contributed by atoms with Crippen LogP contribution in [0.1, 0.15) is 206 Å². The average Bonchev–Trinajstić information content (AvgIpc) is 3.24. The highest BCUT2D eigenvalue weighted by Gasteiger charge is 2.51. The van der Waals surface area contributed by atoms with E-state index < -0.39 is 75.7 Å². The molecule has 1 fully saturated rings. The summed E-state index contributed by atoms with van der Waals surface area (Å²) in [5, 5.41) is 50.2. The molecule has 8 atom stereocenters. The molecular formula is C47H87O13P. The molecule has 0 aromatic rings. The number of allylic oxidation sites excluding steroid dienone is 4. The number of hydrogen-bond acceptors (Lipinski definition) is 12. The number of rotatable bonds is 40. The van der Waals surface area contributed by atoms with Gasteiger partial charge in [0.2, 0.25) is 0 Å². The molecule has 0 saturated heterocycles. The topological polar surface area (TPSA) is 210 Å². The third kappa shape index (κ3) is 30.2. The first-order valence-corrected chi connectivity index (χ1v) is 25.6. The SMILES string of the molecule is CCCCC/C=C\C/C=C\CCCCCCCCCC(=O)O[C@H](COC(=O)CCCCCCCCCCCCCCCCC)COP(=O)(O)OC1C(O)C(O)C(O)[C@@H](O)C1O. The molecule has 0 aromatic carbocycles. The van der Waals surface area contributed by atoms with Gasteiger partial charge in [0.15, 0.2) is 6.10 Å². The molecule has 0 spiro atoms. The molecule has 0 aliphatic heterocycles. The van der Waals surface area contributed by atoms with Crippen LogP contribution in [-0.4, -0.2) is 98.3 Å². The lowest BCUT2D eigenvalue weighted by atomic mass is 9.85. The van der Waals surface area contributed by atoms with E-state index in [2.05, 4.69) is 38.2 Å². The lowest BCUT2D eigenvalue weighted by Gasteiger charge is -2.41. The Morgan fingerprint density at radius 1 is 0.508 bits per heavy atom. The van der Waals surface area contributed by atoms with Crippen LogP contribution in [0.25, 0.3) is 0 Å². The Morgan fingerprint density at radius 2 is 0.885 bits per heavy atom. The van der Waals surface area contributed by atoms with Gasteiger partial charge in [0.25, 0.3) is 0 Å². The molecule has 0 radical (unpaired) electrons. The molecule has 14 heteroatoms. The van der Waals surface area contributed by atoms with E-state index in [9.17, 15) is 44.6 Å². The molecule has 1 saturated carbocycles. The van der Waals surface area contributed by atoms with E-state index in [1.165, 1.54) is 89.9 Å². The Kier molecular flexibility index (Phi) is 35.4. The van der Waals surface area contributed by atoms with Crippen LogP contribution in [0.15, 0.2) is 24.3 Å². The van der Waals surface area contributed by atoms with Crippen LogP contribution in [0.2, 0.25) is 0 Å². The van der Waals surface area contributed by atoms with Crippen LogP contribution in [0.5, 0.6) is 0 Å². The third-order valence-corrected chi connectivity index (χ3v) is 12.3. The zero-order valence-corrected chi connectivity index (χ0v) is 38.9. The first-order chi connectivity index (χ1) is 29.4. The molecule has 1 rings (SSSR count). The van der Waals surface area contributed by atoms with E-state index in [0.29, 0.717) is 12.8 Å². The van der Waals surface area contributed by atoms with Gasteiger partial charge < -0.3 is 39.9 Å². The normalized spacial score (nSPS) is 22.2. The molecule has 358 valence electrons. The van der Waals surface area contributed by atoms with Crippen LogP contribution in [0.4, 0.5) is 0 Å². The van der Waals surface area contributed by atoms with E-state index in [1.54, 1.807) is 0 Å². The molecule has 0 bridgehead atoms. The quantitative estimate of drug-likeness (QED) is 0.0147. The number of unbranched alkanes of at least 4 members (excludes halogenated alkanes) is 24. The van der Waals surface area contributed by atoms with Gasteiger partial charge in [-0.05, 0) is 44.9 Å². The van der Waals surface area contributed by atoms with E-state index >= 15 is 0 Å². The van der Waals surface area contributed by atoms with Crippen molar-refractivity contribution >= 4 is 19.8 Å². The van der Waals surface area contributed by atoms with E-state index in [4.69, 9.17) is 18.5 Å². The highest BCUT2D eigenvalue weighted by Crippen LogP contribution is 2.47. The average molecular weight is 891 g/mol. The number of carbonyl (C=O) groups is 2. The molecule has 1 aliphatic carbocycles. The Morgan fingerprint density at radius 3 is 1.36 bits per heavy atom. The summed E-state index contributed by atoms with van der Waals surface area (Å²) < 4.78 is 33.6. The first-order valence-electron chi connectivity index (χ1n) is 24.1. The second-order valence-corrected chi connectivity index (χ2v) is 18.4. The molecule has 0 heterocycles. The fourth-order valence-electron chi connectivity index (χ4n) is 7.38. The highest BCUT2D eigenvalue weighted by atomic mass is 31.2. The van der Waals surface area contributed by atoms with Gasteiger partial charge in [-0.25, -0.2) is 4.57 Å². The zero-order chi connectivity index (χ0) is 45.0. The summed E-state index contributed by atoms with van der Waals surface area (Å²) in [6.45, 7) is 3.29. The van der Waals surface area contributed by atoms with Crippen LogP contribution in [-0.2, 0) is 32.7 Å². The predicted octanol–water partition coefficient (Wildman–Crippen LogP) is 9.62. The Balaban J connectivity index is 2.44. The fraction of sp³-hybridized carbons (Fsp3) is 0.872. The maximum Gasteiger partial charge on any atom is 0.472 e. The highest BCUT2D eigenvalue weighted by molar-refractivity contribution is 7.47. The van der Waals surface area contributed by atoms with Crippen molar-refractivity contribution in [3.05, 3.63) is 24.3 Å². The van der Waals surface area contributed by atoms with Crippen LogP contribution >= 0.6 is 7.82 Å². The summed E-state index contributed by atoms with van der Waals surface area (Å²) in [6.07, 6.45) is 27.9. The van der Waals surface area contributed by atoms with Gasteiger partial charge in [-0.1, -0.05) is 173 Å². The van der Waals surface area contributed by atoms with Crippen molar-refractivity contribution in [3.8, 4) is 0 Å². The number of phosphoric acid groups is 1. The van der Waals surface area contributed by atoms with Crippen molar-refractivity contribution in [2.24, 2.45) is 0 Å². The van der Waals surface area contributed by atoms with Crippen LogP contribution < -0.4 is 0 Å². The number of aliphatic hydroxyl groups excluding tert-OH is 5. The minimum Gasteiger partial charge on any atom is -0.462 e. The molecule has 1 aliphatic rings. The molecule has 0 amide bonds. The van der Waals surface area contributed by atoms with Crippen molar-refractivity contribution in [2.75, 3.05) is 13.2 Å². The Labute approximate surface area is 368 Å². The molecule has 61 heavy (non-hydrogen) atoms. The Hall–Kier alpha value is -1.67. The number of phosphoric ester groups is 1. The number of carbonyl (C=O) groups excluding carboxylic acids is 2. The number of aliphatic hydroxyl groups is 5. The summed E-state index contributed by atoms with van der Waals surface area (Å²) in [5.41, 5.74) is 0. The van der Waals surface area contributed by atoms with Crippen LogP contribution in [0.3, 0.4) is 0 Å². The second-order valence-electron chi connectivity index (χ2n) is 17.0. The van der Waals surface area contributed by atoms with Gasteiger partial charge in [-0.15, -0.1) is 0 Å². The van der Waals surface area contributed by atoms with Crippen LogP contribution in [0, 0.1) is 0 Å². The fourth-order valence-corrected chi connectivity index (χ4v) is 8.35. The molecular weight excluding hydrogens is 803 g/mol. The van der Waals surface area contributed by atoms with Gasteiger partial charge in [0, 0.05) is 12.8 Å². The summed E-state index contributed by atoms with van der Waals surface area (Å²) in [5.74, 6) is -1.10. The molecule has 6 N–H and O–H groups in total. The summed E-state index contributed by atoms with van der Waals surface area (Å²) in [7, 11) is -5.12. The first kappa shape index (κ1) is 57.3. The van der Waals surface area contributed by atoms with Crippen molar-refractivity contribution in [1.29, 1.82) is 0 Å². The maximum atomic E-state index is 12.8.